The van der Waals surface area contributed by atoms with Crippen molar-refractivity contribution >= 4 is 29.8 Å². The molecule has 0 heterocycles. The Hall–Kier alpha value is -2.81. The summed E-state index contributed by atoms with van der Waals surface area (Å²) in [6.07, 6.45) is -2.85. The second-order valence-electron chi connectivity index (χ2n) is 5.64. The van der Waals surface area contributed by atoms with Crippen molar-refractivity contribution in [2.24, 2.45) is 9.55 Å². The summed E-state index contributed by atoms with van der Waals surface area (Å²) in [5.74, 6) is -0.714. The molecular formula is C20H19F3N2O3S. The Labute approximate surface area is 170 Å². The van der Waals surface area contributed by atoms with Crippen LogP contribution in [0.2, 0.25) is 0 Å². The minimum absolute atomic E-state index is 0.0332. The Morgan fingerprint density at radius 1 is 1.10 bits per heavy atom. The molecule has 0 N–H and O–H groups in total. The predicted octanol–water partition coefficient (Wildman–Crippen LogP) is 5.06. The van der Waals surface area contributed by atoms with Crippen LogP contribution in [0, 0.1) is 0 Å². The fraction of sp³-hybridized carbons (Fsp3) is 0.250. The van der Waals surface area contributed by atoms with Gasteiger partial charge in [0, 0.05) is 29.2 Å². The smallest absolute Gasteiger partial charge is 0.416 e. The normalized spacial score (nSPS) is 13.4. The monoisotopic (exact) mass is 424 g/mol. The molecule has 0 spiro atoms. The first-order valence-electron chi connectivity index (χ1n) is 8.43. The van der Waals surface area contributed by atoms with E-state index in [0.29, 0.717) is 11.1 Å². The predicted molar refractivity (Wildman–Crippen MR) is 107 cm³/mol. The van der Waals surface area contributed by atoms with Crippen LogP contribution in [0.4, 0.5) is 13.2 Å². The van der Waals surface area contributed by atoms with E-state index in [1.165, 1.54) is 31.5 Å². The van der Waals surface area contributed by atoms with Gasteiger partial charge in [0.05, 0.1) is 12.7 Å². The number of oxime groups is 1. The number of nitrogens with zero attached hydrogens (tertiary/aromatic N) is 2. The quantitative estimate of drug-likeness (QED) is 0.270. The minimum atomic E-state index is -4.60. The summed E-state index contributed by atoms with van der Waals surface area (Å²) < 4.78 is 49.7. The number of carbonyl (C=O) groups excluding carboxylic acids is 1. The highest BCUT2D eigenvalue weighted by molar-refractivity contribution is 7.97. The van der Waals surface area contributed by atoms with Crippen molar-refractivity contribution in [3.8, 4) is 0 Å². The second-order valence-corrected chi connectivity index (χ2v) is 6.18. The van der Waals surface area contributed by atoms with Crippen molar-refractivity contribution in [2.45, 2.75) is 19.2 Å². The Morgan fingerprint density at radius 2 is 1.72 bits per heavy atom. The van der Waals surface area contributed by atoms with E-state index in [-0.39, 0.29) is 11.3 Å². The summed E-state index contributed by atoms with van der Waals surface area (Å²) in [5, 5.41) is 3.71. The van der Waals surface area contributed by atoms with Gasteiger partial charge in [-0.15, -0.1) is 0 Å². The van der Waals surface area contributed by atoms with Gasteiger partial charge in [0.1, 0.15) is 0 Å². The average Bonchev–Trinajstić information content (AvgIpc) is 2.72. The maximum absolute atomic E-state index is 13.6. The van der Waals surface area contributed by atoms with Crippen LogP contribution in [0.3, 0.4) is 0 Å². The number of methoxy groups -OCH3 is 1. The van der Waals surface area contributed by atoms with Crippen LogP contribution >= 0.6 is 11.9 Å². The highest BCUT2D eigenvalue weighted by Gasteiger charge is 2.37. The molecule has 0 saturated carbocycles. The summed E-state index contributed by atoms with van der Waals surface area (Å²) in [7, 11) is 1.20. The molecule has 0 fully saturated rings. The molecule has 2 aromatic rings. The number of alkyl halides is 3. The molecule has 0 bridgehead atoms. The Balaban J connectivity index is 2.74. The fourth-order valence-electron chi connectivity index (χ4n) is 2.71. The number of ether oxygens (including phenoxy) is 1. The van der Waals surface area contributed by atoms with Gasteiger partial charge in [-0.3, -0.25) is 0 Å². The fourth-order valence-corrected chi connectivity index (χ4v) is 3.07. The molecule has 0 aliphatic carbocycles. The third-order valence-electron chi connectivity index (χ3n) is 3.88. The summed E-state index contributed by atoms with van der Waals surface area (Å²) in [6.45, 7) is 1.58. The molecule has 0 saturated heterocycles. The molecule has 0 aliphatic heterocycles. The SMILES string of the molecule is CC=NOC(c1ccccc1C(=NSC)C(=O)OC)c1ccccc1C(F)(F)F. The number of esters is 1. The lowest BCUT2D eigenvalue weighted by atomic mass is 9.91. The van der Waals surface area contributed by atoms with Gasteiger partial charge in [-0.05, 0) is 24.9 Å². The molecule has 29 heavy (non-hydrogen) atoms. The molecule has 2 aromatic carbocycles. The molecular weight excluding hydrogens is 405 g/mol. The minimum Gasteiger partial charge on any atom is -0.464 e. The molecule has 9 heteroatoms. The summed E-state index contributed by atoms with van der Waals surface area (Å²) >= 11 is 1.03. The Bertz CT molecular complexity index is 914. The van der Waals surface area contributed by atoms with Crippen molar-refractivity contribution in [1.29, 1.82) is 0 Å². The van der Waals surface area contributed by atoms with Crippen molar-refractivity contribution in [2.75, 3.05) is 13.4 Å². The number of hydrogen-bond donors (Lipinski definition) is 0. The molecule has 1 atom stereocenters. The maximum Gasteiger partial charge on any atom is 0.416 e. The Kier molecular flexibility index (Phi) is 7.83. The molecule has 154 valence electrons. The summed E-state index contributed by atoms with van der Waals surface area (Å²) in [6, 6.07) is 11.5. The third kappa shape index (κ3) is 5.38. The van der Waals surface area contributed by atoms with E-state index in [4.69, 9.17) is 9.57 Å². The number of carbonyl (C=O) groups is 1. The summed E-state index contributed by atoms with van der Waals surface area (Å²) in [5.41, 5.74) is -0.428. The highest BCUT2D eigenvalue weighted by atomic mass is 32.2. The lowest BCUT2D eigenvalue weighted by Gasteiger charge is -2.22. The summed E-state index contributed by atoms with van der Waals surface area (Å²) in [4.78, 5) is 17.7. The van der Waals surface area contributed by atoms with Gasteiger partial charge >= 0.3 is 12.1 Å². The van der Waals surface area contributed by atoms with E-state index in [1.807, 2.05) is 0 Å². The topological polar surface area (TPSA) is 60.2 Å². The average molecular weight is 424 g/mol. The number of halogens is 3. The van der Waals surface area contributed by atoms with E-state index < -0.39 is 23.8 Å². The van der Waals surface area contributed by atoms with Crippen LogP contribution in [-0.4, -0.2) is 31.3 Å². The van der Waals surface area contributed by atoms with Gasteiger partial charge in [0.2, 0.25) is 0 Å². The zero-order chi connectivity index (χ0) is 21.4. The molecule has 5 nitrogen and oxygen atoms in total. The lowest BCUT2D eigenvalue weighted by Crippen LogP contribution is -2.21. The van der Waals surface area contributed by atoms with Crippen molar-refractivity contribution < 1.29 is 27.5 Å². The van der Waals surface area contributed by atoms with Gasteiger partial charge in [-0.1, -0.05) is 47.6 Å². The first-order valence-corrected chi connectivity index (χ1v) is 9.62. The van der Waals surface area contributed by atoms with Gasteiger partial charge in [-0.2, -0.15) is 13.2 Å². The van der Waals surface area contributed by atoms with Crippen molar-refractivity contribution in [3.05, 3.63) is 70.8 Å². The standard InChI is InChI=1S/C20H19F3N2O3S/c1-4-24-28-18(15-11-7-8-12-16(15)20(21,22)23)14-10-6-5-9-13(14)17(25-29-3)19(26)27-2/h4-12,18H,1-3H3. The van der Waals surface area contributed by atoms with Gasteiger partial charge in [-0.25, -0.2) is 9.19 Å². The van der Waals surface area contributed by atoms with Gasteiger partial charge in [0.25, 0.3) is 0 Å². The highest BCUT2D eigenvalue weighted by Crippen LogP contribution is 2.39. The van der Waals surface area contributed by atoms with Crippen LogP contribution in [0.15, 0.2) is 58.1 Å². The van der Waals surface area contributed by atoms with E-state index in [2.05, 4.69) is 9.55 Å². The third-order valence-corrected chi connectivity index (χ3v) is 4.25. The van der Waals surface area contributed by atoms with Crippen LogP contribution in [-0.2, 0) is 20.5 Å². The van der Waals surface area contributed by atoms with E-state index in [9.17, 15) is 18.0 Å². The van der Waals surface area contributed by atoms with Crippen LogP contribution in [0.1, 0.15) is 35.3 Å². The number of hydrogen-bond acceptors (Lipinski definition) is 6. The largest absolute Gasteiger partial charge is 0.464 e. The first-order chi connectivity index (χ1) is 13.8. The zero-order valence-corrected chi connectivity index (χ0v) is 16.8. The molecule has 0 aliphatic rings. The molecule has 0 amide bonds. The van der Waals surface area contributed by atoms with E-state index in [1.54, 1.807) is 37.4 Å². The Morgan fingerprint density at radius 3 is 2.31 bits per heavy atom. The second kappa shape index (κ2) is 10.1. The molecule has 0 radical (unpaired) electrons. The van der Waals surface area contributed by atoms with E-state index in [0.717, 1.165) is 18.0 Å². The molecule has 1 unspecified atom stereocenters. The van der Waals surface area contributed by atoms with Gasteiger partial charge < -0.3 is 9.57 Å². The van der Waals surface area contributed by atoms with Crippen LogP contribution < -0.4 is 0 Å². The van der Waals surface area contributed by atoms with Crippen molar-refractivity contribution in [1.82, 2.24) is 0 Å². The van der Waals surface area contributed by atoms with E-state index >= 15 is 0 Å². The zero-order valence-electron chi connectivity index (χ0n) is 15.9. The van der Waals surface area contributed by atoms with Crippen LogP contribution in [0.5, 0.6) is 0 Å². The first kappa shape index (κ1) is 22.5. The number of benzene rings is 2. The lowest BCUT2D eigenvalue weighted by molar-refractivity contribution is -0.139. The van der Waals surface area contributed by atoms with Crippen LogP contribution in [0.25, 0.3) is 0 Å². The van der Waals surface area contributed by atoms with Crippen molar-refractivity contribution in [3.63, 3.8) is 0 Å². The molecule has 2 rings (SSSR count). The number of rotatable bonds is 7. The molecule has 0 aromatic heterocycles. The van der Waals surface area contributed by atoms with Gasteiger partial charge in [0.15, 0.2) is 11.8 Å². The maximum atomic E-state index is 13.6.